The van der Waals surface area contributed by atoms with E-state index in [1.807, 2.05) is 75.4 Å². The van der Waals surface area contributed by atoms with Crippen molar-refractivity contribution >= 4 is 52.4 Å². The second-order valence-electron chi connectivity index (χ2n) is 17.7. The molecule has 3 fully saturated rings. The van der Waals surface area contributed by atoms with Gasteiger partial charge in [-0.25, -0.2) is 26.3 Å². The summed E-state index contributed by atoms with van der Waals surface area (Å²) in [6.45, 7) is 9.99. The van der Waals surface area contributed by atoms with Crippen LogP contribution >= 0.6 is 0 Å². The smallest absolute Gasteiger partial charge is 0.591 e. The minimum atomic E-state index is -0.902. The number of hydrogen-bond donors (Lipinski definition) is 0. The molecule has 6 aromatic carbocycles. The van der Waals surface area contributed by atoms with Gasteiger partial charge in [0.1, 0.15) is 71.8 Å². The SMILES string of the molecule is CCOC1CN(c2c(F)cc([N-]C(=O)OCc3ccccc3)cc2F)C1.CCOC1CN(c2c(F)cc([N-]C(=O)OCc3ccccc3)cc2F)C1.CCOC1CN(c2c(F)cc([N-]C(=O)OCc3ccccc3)cc2F)C1.[Fe+3]. The molecular weight excluding hydrogens is 1080 g/mol. The van der Waals surface area contributed by atoms with Gasteiger partial charge in [-0.15, -0.1) is 17.1 Å². The number of halogens is 6. The van der Waals surface area contributed by atoms with Crippen molar-refractivity contribution in [3.8, 4) is 0 Å². The molecule has 3 aliphatic heterocycles. The van der Waals surface area contributed by atoms with Gasteiger partial charge in [-0.1, -0.05) is 91.0 Å². The molecule has 0 atom stereocenters. The van der Waals surface area contributed by atoms with Crippen LogP contribution in [-0.4, -0.2) is 95.7 Å². The predicted molar refractivity (Wildman–Crippen MR) is 281 cm³/mol. The van der Waals surface area contributed by atoms with E-state index in [4.69, 9.17) is 28.4 Å². The van der Waals surface area contributed by atoms with E-state index in [9.17, 15) is 40.7 Å². The third-order valence-corrected chi connectivity index (χ3v) is 12.0. The summed E-state index contributed by atoms with van der Waals surface area (Å²) < 4.78 is 117. The first kappa shape index (κ1) is 60.7. The Balaban J connectivity index is 0.000000190. The molecule has 0 aromatic heterocycles. The molecule has 3 aliphatic rings. The van der Waals surface area contributed by atoms with Gasteiger partial charge < -0.3 is 59.1 Å². The third kappa shape index (κ3) is 17.8. The first-order valence-corrected chi connectivity index (χ1v) is 25.0. The van der Waals surface area contributed by atoms with Crippen LogP contribution in [0.4, 0.5) is 74.9 Å². The van der Waals surface area contributed by atoms with E-state index >= 15 is 0 Å². The van der Waals surface area contributed by atoms with E-state index < -0.39 is 53.2 Å². The van der Waals surface area contributed by atoms with Crippen molar-refractivity contribution in [1.82, 2.24) is 0 Å². The van der Waals surface area contributed by atoms with Gasteiger partial charge in [0.25, 0.3) is 0 Å². The average molecular weight is 1140 g/mol. The Morgan fingerprint density at radius 2 is 0.620 bits per heavy atom. The Morgan fingerprint density at radius 1 is 0.405 bits per heavy atom. The first-order chi connectivity index (χ1) is 37.7. The molecule has 0 unspecified atom stereocenters. The number of benzene rings is 6. The quantitative estimate of drug-likeness (QED) is 0.0456. The minimum absolute atomic E-state index is 0. The van der Waals surface area contributed by atoms with E-state index in [-0.39, 0.29) is 89.3 Å². The molecule has 0 aliphatic carbocycles. The van der Waals surface area contributed by atoms with Crippen LogP contribution in [0.5, 0.6) is 0 Å². The molecule has 79 heavy (non-hydrogen) atoms. The molecule has 3 saturated heterocycles. The largest absolute Gasteiger partial charge is 3.00 e. The fourth-order valence-electron chi connectivity index (χ4n) is 8.21. The van der Waals surface area contributed by atoms with Crippen LogP contribution in [0, 0.1) is 34.9 Å². The van der Waals surface area contributed by atoms with Gasteiger partial charge in [0.2, 0.25) is 18.3 Å². The number of nitrogens with zero attached hydrogens (tertiary/aromatic N) is 6. The van der Waals surface area contributed by atoms with Gasteiger partial charge in [0.15, 0.2) is 0 Å². The molecule has 0 spiro atoms. The molecule has 1 radical (unpaired) electrons. The summed E-state index contributed by atoms with van der Waals surface area (Å²) in [5.74, 6) is -4.61. The Bertz CT molecular complexity index is 2540. The van der Waals surface area contributed by atoms with Crippen LogP contribution in [0.3, 0.4) is 0 Å². The normalized spacial score (nSPS) is 13.9. The number of amides is 3. The second kappa shape index (κ2) is 30.0. The first-order valence-electron chi connectivity index (χ1n) is 25.0. The van der Waals surface area contributed by atoms with Gasteiger partial charge in [-0.05, 0) is 73.9 Å². The van der Waals surface area contributed by atoms with Crippen LogP contribution < -0.4 is 14.7 Å². The predicted octanol–water partition coefficient (Wildman–Crippen LogP) is 13.6. The van der Waals surface area contributed by atoms with Crippen molar-refractivity contribution in [3.63, 3.8) is 0 Å². The molecule has 22 heteroatoms. The molecule has 6 aromatic rings. The zero-order valence-corrected chi connectivity index (χ0v) is 44.4. The zero-order chi connectivity index (χ0) is 55.6. The molecule has 3 amide bonds. The van der Waals surface area contributed by atoms with Crippen LogP contribution in [0.2, 0.25) is 0 Å². The van der Waals surface area contributed by atoms with Crippen molar-refractivity contribution in [3.05, 3.63) is 195 Å². The maximum Gasteiger partial charge on any atom is 3.00 e. The van der Waals surface area contributed by atoms with E-state index in [1.165, 1.54) is 0 Å². The van der Waals surface area contributed by atoms with Gasteiger partial charge in [0, 0.05) is 59.1 Å². The standard InChI is InChI=1S/3C19H20F2N2O3.Fe/c3*1-2-25-15-10-23(11-15)18-16(20)8-14(9-17(18)21)22-19(24)26-12-13-6-4-3-5-7-13;/h3*3-9,15H,2,10-12H2,1H3,(H,22,24);/q;;;+3/p-3. The number of rotatable bonds is 18. The second-order valence-corrected chi connectivity index (χ2v) is 17.7. The Morgan fingerprint density at radius 3 is 0.823 bits per heavy atom. The Kier molecular flexibility index (Phi) is 23.1. The van der Waals surface area contributed by atoms with Crippen molar-refractivity contribution in [2.75, 3.05) is 73.8 Å². The van der Waals surface area contributed by atoms with Crippen molar-refractivity contribution in [2.24, 2.45) is 0 Å². The number of ether oxygens (including phenoxy) is 6. The maximum atomic E-state index is 14.3. The summed E-state index contributed by atoms with van der Waals surface area (Å²) in [6, 6.07) is 33.3. The summed E-state index contributed by atoms with van der Waals surface area (Å²) in [6.07, 6.45) is -2.76. The van der Waals surface area contributed by atoms with E-state index in [0.29, 0.717) is 59.1 Å². The fourth-order valence-corrected chi connectivity index (χ4v) is 8.21. The van der Waals surface area contributed by atoms with Crippen molar-refractivity contribution in [2.45, 2.75) is 58.9 Å². The van der Waals surface area contributed by atoms with Gasteiger partial charge in [0.05, 0.1) is 18.3 Å². The molecule has 9 rings (SSSR count). The topological polar surface area (TPSA) is 159 Å². The molecule has 15 nitrogen and oxygen atoms in total. The summed E-state index contributed by atoms with van der Waals surface area (Å²) in [5.41, 5.74) is 1.64. The van der Waals surface area contributed by atoms with Gasteiger partial charge in [-0.2, -0.15) is 0 Å². The van der Waals surface area contributed by atoms with Crippen LogP contribution in [-0.2, 0) is 65.3 Å². The minimum Gasteiger partial charge on any atom is -0.591 e. The number of carbonyl (C=O) groups is 3. The van der Waals surface area contributed by atoms with Crippen LogP contribution in [0.15, 0.2) is 127 Å². The third-order valence-electron chi connectivity index (χ3n) is 12.0. The van der Waals surface area contributed by atoms with Crippen molar-refractivity contribution in [1.29, 1.82) is 0 Å². The van der Waals surface area contributed by atoms with Crippen LogP contribution in [0.1, 0.15) is 37.5 Å². The van der Waals surface area contributed by atoms with Crippen LogP contribution in [0.25, 0.3) is 16.0 Å². The maximum absolute atomic E-state index is 14.3. The molecular formula is C57H57F6FeN6O9. The molecule has 0 saturated carbocycles. The molecule has 3 heterocycles. The number of hydrogen-bond acceptors (Lipinski definition) is 12. The summed E-state index contributed by atoms with van der Waals surface area (Å²) >= 11 is 0. The number of carbonyl (C=O) groups excluding carboxylic acids is 3. The van der Waals surface area contributed by atoms with E-state index in [0.717, 1.165) is 53.1 Å². The van der Waals surface area contributed by atoms with E-state index in [1.54, 1.807) is 51.1 Å². The Labute approximate surface area is 464 Å². The molecule has 0 N–H and O–H groups in total. The fraction of sp³-hybridized carbons (Fsp3) is 0.316. The monoisotopic (exact) mass is 1140 g/mol. The average Bonchev–Trinajstić information content (AvgIpc) is 3.45. The molecule has 0 bridgehead atoms. The summed E-state index contributed by atoms with van der Waals surface area (Å²) in [4.78, 5) is 39.9. The van der Waals surface area contributed by atoms with Gasteiger partial charge in [-0.3, -0.25) is 14.4 Å². The summed E-state index contributed by atoms with van der Waals surface area (Å²) in [5, 5.41) is 10.8. The van der Waals surface area contributed by atoms with Gasteiger partial charge >= 0.3 is 17.1 Å². The molecule has 419 valence electrons. The zero-order valence-electron chi connectivity index (χ0n) is 43.3. The Hall–Kier alpha value is -7.49. The van der Waals surface area contributed by atoms with Crippen molar-refractivity contribution < 1.29 is 86.2 Å². The number of anilines is 3. The van der Waals surface area contributed by atoms with E-state index in [2.05, 4.69) is 16.0 Å². The summed E-state index contributed by atoms with van der Waals surface area (Å²) in [7, 11) is 0.